The molecule has 1 N–H and O–H groups in total. The number of nitro benzene ring substituents is 1. The fourth-order valence-corrected chi connectivity index (χ4v) is 3.15. The highest BCUT2D eigenvalue weighted by atomic mass is 35.5. The number of benzene rings is 2. The number of thioether (sulfide) groups is 1. The Morgan fingerprint density at radius 1 is 1.28 bits per heavy atom. The molecule has 0 aromatic heterocycles. The Bertz CT molecular complexity index is 770. The van der Waals surface area contributed by atoms with E-state index in [1.165, 1.54) is 24.9 Å². The summed E-state index contributed by atoms with van der Waals surface area (Å²) in [5, 5.41) is 14.4. The minimum Gasteiger partial charge on any atom is -0.490 e. The molecule has 8 heteroatoms. The fraction of sp³-hybridized carbons (Fsp3) is 0.235. The first-order valence-corrected chi connectivity index (χ1v) is 8.93. The van der Waals surface area contributed by atoms with Crippen molar-refractivity contribution in [1.29, 1.82) is 0 Å². The van der Waals surface area contributed by atoms with Crippen LogP contribution in [0.2, 0.25) is 5.02 Å². The van der Waals surface area contributed by atoms with E-state index in [-0.39, 0.29) is 23.1 Å². The lowest BCUT2D eigenvalue weighted by Crippen LogP contribution is -2.24. The second-order valence-electron chi connectivity index (χ2n) is 5.16. The highest BCUT2D eigenvalue weighted by molar-refractivity contribution is 7.99. The largest absolute Gasteiger partial charge is 0.490 e. The van der Waals surface area contributed by atoms with Gasteiger partial charge in [0, 0.05) is 23.4 Å². The molecule has 0 fully saturated rings. The van der Waals surface area contributed by atoms with Gasteiger partial charge in [-0.3, -0.25) is 14.9 Å². The van der Waals surface area contributed by atoms with Crippen LogP contribution in [0.25, 0.3) is 0 Å². The molecule has 2 rings (SSSR count). The van der Waals surface area contributed by atoms with Crippen molar-refractivity contribution in [2.75, 3.05) is 12.9 Å². The summed E-state index contributed by atoms with van der Waals surface area (Å²) in [7, 11) is 1.39. The molecule has 0 aliphatic rings. The van der Waals surface area contributed by atoms with Crippen LogP contribution >= 0.6 is 23.4 Å². The van der Waals surface area contributed by atoms with Crippen molar-refractivity contribution in [2.24, 2.45) is 0 Å². The molecule has 0 aliphatic carbocycles. The summed E-state index contributed by atoms with van der Waals surface area (Å²) in [5.41, 5.74) is 1.61. The van der Waals surface area contributed by atoms with Gasteiger partial charge < -0.3 is 10.1 Å². The van der Waals surface area contributed by atoms with E-state index < -0.39 is 4.92 Å². The first kappa shape index (κ1) is 19.1. The van der Waals surface area contributed by atoms with Crippen LogP contribution in [0, 0.1) is 10.1 Å². The van der Waals surface area contributed by atoms with Crippen LogP contribution < -0.4 is 10.1 Å². The zero-order valence-corrected chi connectivity index (χ0v) is 15.1. The van der Waals surface area contributed by atoms with Crippen LogP contribution in [0.5, 0.6) is 5.75 Å². The van der Waals surface area contributed by atoms with E-state index >= 15 is 0 Å². The predicted octanol–water partition coefficient (Wildman–Crippen LogP) is 3.81. The van der Waals surface area contributed by atoms with Gasteiger partial charge in [0.2, 0.25) is 5.91 Å². The van der Waals surface area contributed by atoms with Crippen LogP contribution in [-0.2, 0) is 17.1 Å². The summed E-state index contributed by atoms with van der Waals surface area (Å²) in [5.74, 6) is 0.876. The molecule has 25 heavy (non-hydrogen) atoms. The van der Waals surface area contributed by atoms with E-state index in [1.807, 2.05) is 12.1 Å². The molecule has 0 bridgehead atoms. The minimum absolute atomic E-state index is 0.0778. The molecule has 0 radical (unpaired) electrons. The molecule has 2 aromatic rings. The van der Waals surface area contributed by atoms with Gasteiger partial charge in [-0.25, -0.2) is 0 Å². The summed E-state index contributed by atoms with van der Waals surface area (Å²) in [4.78, 5) is 22.4. The minimum atomic E-state index is -0.481. The normalized spacial score (nSPS) is 10.3. The van der Waals surface area contributed by atoms with Crippen LogP contribution in [0.15, 0.2) is 42.5 Å². The van der Waals surface area contributed by atoms with Gasteiger partial charge in [-0.1, -0.05) is 29.8 Å². The standard InChI is InChI=1S/C17H17ClN2O4S/c1-24-16-6-5-13(8-15(16)20(22)23)10-25-11-17(21)19-9-12-3-2-4-14(18)7-12/h2-8H,9-11H2,1H3,(H,19,21). The molecule has 0 aliphatic heterocycles. The van der Waals surface area contributed by atoms with Crippen molar-refractivity contribution in [2.45, 2.75) is 12.3 Å². The Labute approximate surface area is 154 Å². The number of nitro groups is 1. The van der Waals surface area contributed by atoms with E-state index in [9.17, 15) is 14.9 Å². The number of hydrogen-bond donors (Lipinski definition) is 1. The van der Waals surface area contributed by atoms with Crippen molar-refractivity contribution in [3.05, 3.63) is 68.7 Å². The smallest absolute Gasteiger partial charge is 0.311 e. The second kappa shape index (κ2) is 9.29. The summed E-state index contributed by atoms with van der Waals surface area (Å²) in [6.45, 7) is 0.411. The average molecular weight is 381 g/mol. The molecule has 0 saturated carbocycles. The van der Waals surface area contributed by atoms with Gasteiger partial charge in [-0.15, -0.1) is 11.8 Å². The van der Waals surface area contributed by atoms with Gasteiger partial charge in [0.25, 0.3) is 0 Å². The van der Waals surface area contributed by atoms with Gasteiger partial charge in [0.15, 0.2) is 5.75 Å². The van der Waals surface area contributed by atoms with E-state index in [2.05, 4.69) is 5.32 Å². The van der Waals surface area contributed by atoms with Crippen molar-refractivity contribution >= 4 is 35.0 Å². The third-order valence-electron chi connectivity index (χ3n) is 3.32. The Kier molecular flexibility index (Phi) is 7.09. The molecule has 0 saturated heterocycles. The molecule has 1 amide bonds. The first-order chi connectivity index (χ1) is 12.0. The Morgan fingerprint density at radius 3 is 2.76 bits per heavy atom. The number of amides is 1. The highest BCUT2D eigenvalue weighted by Gasteiger charge is 2.15. The Morgan fingerprint density at radius 2 is 2.08 bits per heavy atom. The third kappa shape index (κ3) is 5.95. The maximum absolute atomic E-state index is 11.9. The number of nitrogens with one attached hydrogen (secondary N) is 1. The van der Waals surface area contributed by atoms with Gasteiger partial charge in [-0.2, -0.15) is 0 Å². The SMILES string of the molecule is COc1ccc(CSCC(=O)NCc2cccc(Cl)c2)cc1[N+](=O)[O-]. The Balaban J connectivity index is 1.81. The molecule has 0 atom stereocenters. The lowest BCUT2D eigenvalue weighted by atomic mass is 10.2. The third-order valence-corrected chi connectivity index (χ3v) is 4.56. The lowest BCUT2D eigenvalue weighted by Gasteiger charge is -2.07. The van der Waals surface area contributed by atoms with E-state index in [1.54, 1.807) is 24.3 Å². The van der Waals surface area contributed by atoms with Crippen LogP contribution in [0.4, 0.5) is 5.69 Å². The molecular formula is C17H17ClN2O4S. The highest BCUT2D eigenvalue weighted by Crippen LogP contribution is 2.28. The number of ether oxygens (including phenoxy) is 1. The first-order valence-electron chi connectivity index (χ1n) is 7.40. The maximum atomic E-state index is 11.9. The van der Waals surface area contributed by atoms with Crippen LogP contribution in [-0.4, -0.2) is 23.7 Å². The maximum Gasteiger partial charge on any atom is 0.311 e. The van der Waals surface area contributed by atoms with E-state index in [4.69, 9.17) is 16.3 Å². The molecular weight excluding hydrogens is 364 g/mol. The summed E-state index contributed by atoms with van der Waals surface area (Å²) >= 11 is 7.28. The van der Waals surface area contributed by atoms with Crippen molar-refractivity contribution < 1.29 is 14.5 Å². The van der Waals surface area contributed by atoms with Crippen molar-refractivity contribution in [3.8, 4) is 5.75 Å². The van der Waals surface area contributed by atoms with E-state index in [0.717, 1.165) is 11.1 Å². The zero-order valence-electron chi connectivity index (χ0n) is 13.5. The van der Waals surface area contributed by atoms with Gasteiger partial charge in [0.05, 0.1) is 17.8 Å². The zero-order chi connectivity index (χ0) is 18.2. The quantitative estimate of drug-likeness (QED) is 0.556. The Hall–Kier alpha value is -2.25. The summed E-state index contributed by atoms with van der Waals surface area (Å²) < 4.78 is 4.96. The number of nitrogens with zero attached hydrogens (tertiary/aromatic N) is 1. The monoisotopic (exact) mass is 380 g/mol. The van der Waals surface area contributed by atoms with Crippen LogP contribution in [0.3, 0.4) is 0 Å². The molecule has 132 valence electrons. The number of hydrogen-bond acceptors (Lipinski definition) is 5. The number of carbonyl (C=O) groups excluding carboxylic acids is 1. The summed E-state index contributed by atoms with van der Waals surface area (Å²) in [6.07, 6.45) is 0. The van der Waals surface area contributed by atoms with Gasteiger partial charge >= 0.3 is 5.69 Å². The number of rotatable bonds is 8. The van der Waals surface area contributed by atoms with Crippen LogP contribution in [0.1, 0.15) is 11.1 Å². The lowest BCUT2D eigenvalue weighted by molar-refractivity contribution is -0.385. The van der Waals surface area contributed by atoms with Crippen molar-refractivity contribution in [1.82, 2.24) is 5.32 Å². The molecule has 0 unspecified atom stereocenters. The number of halogens is 1. The molecule has 0 spiro atoms. The van der Waals surface area contributed by atoms with Gasteiger partial charge in [-0.05, 0) is 29.3 Å². The number of methoxy groups -OCH3 is 1. The predicted molar refractivity (Wildman–Crippen MR) is 99.1 cm³/mol. The average Bonchev–Trinajstić information content (AvgIpc) is 2.60. The van der Waals surface area contributed by atoms with Gasteiger partial charge in [0.1, 0.15) is 0 Å². The molecule has 0 heterocycles. The second-order valence-corrected chi connectivity index (χ2v) is 6.58. The number of carbonyl (C=O) groups is 1. The molecule has 6 nitrogen and oxygen atoms in total. The van der Waals surface area contributed by atoms with E-state index in [0.29, 0.717) is 17.3 Å². The van der Waals surface area contributed by atoms with Crippen molar-refractivity contribution in [3.63, 3.8) is 0 Å². The molecule has 2 aromatic carbocycles. The summed E-state index contributed by atoms with van der Waals surface area (Å²) in [6, 6.07) is 12.1. The topological polar surface area (TPSA) is 81.5 Å². The fourth-order valence-electron chi connectivity index (χ4n) is 2.13.